The SMILES string of the molecule is CCN1CCN(Cc2cc(C(=O)N3CC[C@H](N)C3)no2)CC1. The van der Waals surface area contributed by atoms with Crippen LogP contribution in [0.2, 0.25) is 0 Å². The van der Waals surface area contributed by atoms with E-state index in [0.29, 0.717) is 18.8 Å². The van der Waals surface area contributed by atoms with Gasteiger partial charge in [-0.05, 0) is 13.0 Å². The van der Waals surface area contributed by atoms with Crippen LogP contribution >= 0.6 is 0 Å². The molecule has 7 nitrogen and oxygen atoms in total. The molecule has 0 saturated carbocycles. The summed E-state index contributed by atoms with van der Waals surface area (Å²) < 4.78 is 5.34. The fourth-order valence-electron chi connectivity index (χ4n) is 3.11. The molecular weight excluding hydrogens is 282 g/mol. The van der Waals surface area contributed by atoms with Crippen molar-refractivity contribution >= 4 is 5.91 Å². The Morgan fingerprint density at radius 1 is 1.32 bits per heavy atom. The van der Waals surface area contributed by atoms with Crippen LogP contribution < -0.4 is 5.73 Å². The maximum Gasteiger partial charge on any atom is 0.276 e. The molecule has 1 amide bonds. The molecule has 1 aromatic heterocycles. The van der Waals surface area contributed by atoms with Gasteiger partial charge in [0.05, 0.1) is 6.54 Å². The van der Waals surface area contributed by atoms with Gasteiger partial charge in [0, 0.05) is 51.4 Å². The third-order valence-electron chi connectivity index (χ3n) is 4.58. The minimum Gasteiger partial charge on any atom is -0.359 e. The van der Waals surface area contributed by atoms with Gasteiger partial charge in [0.15, 0.2) is 11.5 Å². The highest BCUT2D eigenvalue weighted by Gasteiger charge is 2.27. The van der Waals surface area contributed by atoms with Crippen LogP contribution in [0, 0.1) is 0 Å². The first-order valence-corrected chi connectivity index (χ1v) is 8.11. The summed E-state index contributed by atoms with van der Waals surface area (Å²) in [7, 11) is 0. The van der Waals surface area contributed by atoms with Gasteiger partial charge < -0.3 is 20.1 Å². The van der Waals surface area contributed by atoms with Gasteiger partial charge in [0.1, 0.15) is 0 Å². The number of hydrogen-bond acceptors (Lipinski definition) is 6. The fourth-order valence-corrected chi connectivity index (χ4v) is 3.11. The van der Waals surface area contributed by atoms with Crippen molar-refractivity contribution in [3.05, 3.63) is 17.5 Å². The van der Waals surface area contributed by atoms with E-state index in [4.69, 9.17) is 10.3 Å². The van der Waals surface area contributed by atoms with Crippen LogP contribution in [0.15, 0.2) is 10.6 Å². The number of nitrogens with zero attached hydrogens (tertiary/aromatic N) is 4. The molecule has 3 rings (SSSR count). The third kappa shape index (κ3) is 3.48. The van der Waals surface area contributed by atoms with Crippen molar-refractivity contribution in [3.63, 3.8) is 0 Å². The molecule has 3 heterocycles. The number of aromatic nitrogens is 1. The third-order valence-corrected chi connectivity index (χ3v) is 4.58. The van der Waals surface area contributed by atoms with E-state index in [0.717, 1.165) is 51.4 Å². The van der Waals surface area contributed by atoms with E-state index >= 15 is 0 Å². The minimum absolute atomic E-state index is 0.0706. The van der Waals surface area contributed by atoms with E-state index < -0.39 is 0 Å². The Morgan fingerprint density at radius 3 is 2.68 bits per heavy atom. The van der Waals surface area contributed by atoms with Crippen LogP contribution in [0.5, 0.6) is 0 Å². The van der Waals surface area contributed by atoms with Gasteiger partial charge >= 0.3 is 0 Å². The summed E-state index contributed by atoms with van der Waals surface area (Å²) >= 11 is 0. The quantitative estimate of drug-likeness (QED) is 0.842. The van der Waals surface area contributed by atoms with Crippen molar-refractivity contribution < 1.29 is 9.32 Å². The van der Waals surface area contributed by atoms with E-state index in [9.17, 15) is 4.79 Å². The summed E-state index contributed by atoms with van der Waals surface area (Å²) in [5.74, 6) is 0.690. The molecule has 1 atom stereocenters. The first-order chi connectivity index (χ1) is 10.7. The van der Waals surface area contributed by atoms with Crippen LogP contribution in [-0.2, 0) is 6.54 Å². The molecule has 22 heavy (non-hydrogen) atoms. The average molecular weight is 307 g/mol. The molecule has 2 N–H and O–H groups in total. The number of hydrogen-bond donors (Lipinski definition) is 1. The van der Waals surface area contributed by atoms with Crippen molar-refractivity contribution in [2.45, 2.75) is 25.9 Å². The molecule has 0 bridgehead atoms. The van der Waals surface area contributed by atoms with Gasteiger partial charge in [-0.15, -0.1) is 0 Å². The van der Waals surface area contributed by atoms with Crippen LogP contribution in [0.1, 0.15) is 29.6 Å². The maximum atomic E-state index is 12.3. The van der Waals surface area contributed by atoms with Crippen LogP contribution in [0.25, 0.3) is 0 Å². The highest BCUT2D eigenvalue weighted by molar-refractivity contribution is 5.92. The molecule has 122 valence electrons. The van der Waals surface area contributed by atoms with E-state index in [2.05, 4.69) is 21.9 Å². The van der Waals surface area contributed by atoms with Crippen molar-refractivity contribution in [2.75, 3.05) is 45.8 Å². The zero-order chi connectivity index (χ0) is 15.5. The molecule has 0 spiro atoms. The van der Waals surface area contributed by atoms with Crippen molar-refractivity contribution in [3.8, 4) is 0 Å². The average Bonchev–Trinajstić information content (AvgIpc) is 3.16. The lowest BCUT2D eigenvalue weighted by atomic mass is 10.2. The molecule has 1 aromatic rings. The Kier molecular flexibility index (Phi) is 4.75. The van der Waals surface area contributed by atoms with E-state index in [-0.39, 0.29) is 11.9 Å². The first kappa shape index (κ1) is 15.5. The van der Waals surface area contributed by atoms with Crippen LogP contribution in [-0.4, -0.2) is 77.6 Å². The molecule has 2 aliphatic heterocycles. The minimum atomic E-state index is -0.0706. The molecule has 0 aliphatic carbocycles. The predicted octanol–water partition coefficient (Wildman–Crippen LogP) is -0.0147. The monoisotopic (exact) mass is 307 g/mol. The van der Waals surface area contributed by atoms with E-state index in [1.165, 1.54) is 0 Å². The Bertz CT molecular complexity index is 510. The van der Waals surface area contributed by atoms with E-state index in [1.807, 2.05) is 0 Å². The normalized spacial score (nSPS) is 24.1. The Balaban J connectivity index is 1.54. The van der Waals surface area contributed by atoms with Crippen molar-refractivity contribution in [2.24, 2.45) is 5.73 Å². The maximum absolute atomic E-state index is 12.3. The van der Waals surface area contributed by atoms with Gasteiger partial charge in [0.25, 0.3) is 5.91 Å². The van der Waals surface area contributed by atoms with Gasteiger partial charge in [-0.1, -0.05) is 12.1 Å². The standard InChI is InChI=1S/C15H25N5O2/c1-2-18-5-7-19(8-6-18)11-13-9-14(17-22-13)15(21)20-4-3-12(16)10-20/h9,12H,2-8,10-11,16H2,1H3/t12-/m0/s1. The largest absolute Gasteiger partial charge is 0.359 e. The number of nitrogens with two attached hydrogens (primary N) is 1. The molecule has 2 aliphatic rings. The summed E-state index contributed by atoms with van der Waals surface area (Å²) in [6.45, 7) is 9.56. The number of likely N-dealkylation sites (N-methyl/N-ethyl adjacent to an activating group) is 1. The molecule has 0 unspecified atom stereocenters. The van der Waals surface area contributed by atoms with Gasteiger partial charge in [-0.3, -0.25) is 9.69 Å². The molecule has 2 saturated heterocycles. The lowest BCUT2D eigenvalue weighted by Crippen LogP contribution is -2.45. The topological polar surface area (TPSA) is 78.8 Å². The number of amides is 1. The summed E-state index contributed by atoms with van der Waals surface area (Å²) in [5.41, 5.74) is 6.24. The summed E-state index contributed by atoms with van der Waals surface area (Å²) in [5, 5.41) is 3.94. The second-order valence-corrected chi connectivity index (χ2v) is 6.19. The lowest BCUT2D eigenvalue weighted by Gasteiger charge is -2.33. The van der Waals surface area contributed by atoms with Gasteiger partial charge in [-0.25, -0.2) is 0 Å². The second-order valence-electron chi connectivity index (χ2n) is 6.19. The summed E-state index contributed by atoms with van der Waals surface area (Å²) in [4.78, 5) is 18.8. The Hall–Kier alpha value is -1.44. The molecule has 0 radical (unpaired) electrons. The van der Waals surface area contributed by atoms with Crippen molar-refractivity contribution in [1.29, 1.82) is 0 Å². The fraction of sp³-hybridized carbons (Fsp3) is 0.733. The Labute approximate surface area is 131 Å². The number of piperazine rings is 1. The lowest BCUT2D eigenvalue weighted by molar-refractivity contribution is 0.0780. The van der Waals surface area contributed by atoms with Gasteiger partial charge in [0.2, 0.25) is 0 Å². The zero-order valence-electron chi connectivity index (χ0n) is 13.2. The number of rotatable bonds is 4. The summed E-state index contributed by atoms with van der Waals surface area (Å²) in [6, 6.07) is 1.86. The number of carbonyl (C=O) groups excluding carboxylic acids is 1. The first-order valence-electron chi connectivity index (χ1n) is 8.11. The molecule has 2 fully saturated rings. The Morgan fingerprint density at radius 2 is 2.05 bits per heavy atom. The zero-order valence-corrected chi connectivity index (χ0v) is 13.2. The molecule has 0 aromatic carbocycles. The van der Waals surface area contributed by atoms with Crippen LogP contribution in [0.4, 0.5) is 0 Å². The highest BCUT2D eigenvalue weighted by atomic mass is 16.5. The van der Waals surface area contributed by atoms with Gasteiger partial charge in [-0.2, -0.15) is 0 Å². The second kappa shape index (κ2) is 6.76. The highest BCUT2D eigenvalue weighted by Crippen LogP contribution is 2.14. The number of carbonyl (C=O) groups is 1. The molecule has 7 heteroatoms. The van der Waals surface area contributed by atoms with E-state index in [1.54, 1.807) is 11.0 Å². The van der Waals surface area contributed by atoms with Crippen molar-refractivity contribution in [1.82, 2.24) is 19.9 Å². The predicted molar refractivity (Wildman–Crippen MR) is 82.4 cm³/mol. The summed E-state index contributed by atoms with van der Waals surface area (Å²) in [6.07, 6.45) is 0.859. The molecular formula is C15H25N5O2. The number of likely N-dealkylation sites (tertiary alicyclic amines) is 1. The smallest absolute Gasteiger partial charge is 0.276 e. The van der Waals surface area contributed by atoms with Crippen LogP contribution in [0.3, 0.4) is 0 Å².